The summed E-state index contributed by atoms with van der Waals surface area (Å²) in [7, 11) is 1.02. The number of halogens is 2. The van der Waals surface area contributed by atoms with Crippen molar-refractivity contribution in [3.05, 3.63) is 35.9 Å². The zero-order valence-electron chi connectivity index (χ0n) is 9.80. The highest BCUT2D eigenvalue weighted by atomic mass is 19.3. The van der Waals surface area contributed by atoms with Crippen LogP contribution in [0.4, 0.5) is 8.78 Å². The molecule has 0 heterocycles. The summed E-state index contributed by atoms with van der Waals surface area (Å²) in [6.07, 6.45) is 0.632. The fraction of sp³-hybridized carbons (Fsp3) is 0.167. The van der Waals surface area contributed by atoms with Gasteiger partial charge in [0.1, 0.15) is 11.5 Å². The number of esters is 1. The molecule has 7 heteroatoms. The number of alkyl halides is 2. The van der Waals surface area contributed by atoms with E-state index in [9.17, 15) is 23.5 Å². The average molecular weight is 272 g/mol. The molecule has 19 heavy (non-hydrogen) atoms. The summed E-state index contributed by atoms with van der Waals surface area (Å²) in [5, 5.41) is 9.58. The van der Waals surface area contributed by atoms with Gasteiger partial charge >= 0.3 is 12.6 Å². The van der Waals surface area contributed by atoms with Crippen LogP contribution in [-0.4, -0.2) is 30.6 Å². The zero-order valence-corrected chi connectivity index (χ0v) is 9.80. The third kappa shape index (κ3) is 4.38. The van der Waals surface area contributed by atoms with Crippen LogP contribution in [0, 0.1) is 0 Å². The van der Waals surface area contributed by atoms with Crippen LogP contribution in [0.3, 0.4) is 0 Å². The Morgan fingerprint density at radius 2 is 2.05 bits per heavy atom. The van der Waals surface area contributed by atoms with Crippen molar-refractivity contribution in [3.8, 4) is 5.75 Å². The van der Waals surface area contributed by atoms with Gasteiger partial charge in [-0.05, 0) is 12.1 Å². The van der Waals surface area contributed by atoms with Gasteiger partial charge in [0.15, 0.2) is 0 Å². The zero-order chi connectivity index (χ0) is 14.4. The van der Waals surface area contributed by atoms with Crippen LogP contribution in [0.1, 0.15) is 5.56 Å². The normalized spacial score (nSPS) is 11.3. The summed E-state index contributed by atoms with van der Waals surface area (Å²) in [6, 6.07) is 5.06. The molecule has 1 rings (SSSR count). The molecule has 0 spiro atoms. The Labute approximate surface area is 107 Å². The molecule has 0 saturated carbocycles. The summed E-state index contributed by atoms with van der Waals surface area (Å²) < 4.78 is 32.3. The minimum atomic E-state index is -3.00. The quantitative estimate of drug-likeness (QED) is 0.384. The molecule has 0 aliphatic heterocycles. The van der Waals surface area contributed by atoms with E-state index in [1.54, 1.807) is 0 Å². The Kier molecular flexibility index (Phi) is 4.99. The number of rotatable bonds is 5. The summed E-state index contributed by atoms with van der Waals surface area (Å²) in [5.74, 6) is -2.96. The number of ketones is 1. The smallest absolute Gasteiger partial charge is 0.387 e. The standard InChI is InChI=1S/C12H10F2O5/c1-18-11(17)10(16)6-9(15)7-3-2-4-8(5-7)19-12(13)14/h2-6,12,15H,1H3/b9-6-. The number of carbonyl (C=O) groups excluding carboxylic acids is 2. The highest BCUT2D eigenvalue weighted by molar-refractivity contribution is 6.39. The van der Waals surface area contributed by atoms with Crippen LogP contribution in [-0.2, 0) is 14.3 Å². The van der Waals surface area contributed by atoms with E-state index in [-0.39, 0.29) is 11.3 Å². The number of hydrogen-bond donors (Lipinski definition) is 1. The predicted molar refractivity (Wildman–Crippen MR) is 60.7 cm³/mol. The van der Waals surface area contributed by atoms with Gasteiger partial charge in [0.2, 0.25) is 0 Å². The molecule has 0 atom stereocenters. The molecule has 5 nitrogen and oxygen atoms in total. The lowest BCUT2D eigenvalue weighted by Crippen LogP contribution is -2.13. The lowest BCUT2D eigenvalue weighted by atomic mass is 10.1. The molecule has 0 radical (unpaired) electrons. The minimum Gasteiger partial charge on any atom is -0.507 e. The van der Waals surface area contributed by atoms with Crippen molar-refractivity contribution < 1.29 is 33.0 Å². The molecule has 0 aliphatic carbocycles. The molecule has 0 aromatic heterocycles. The summed E-state index contributed by atoms with van der Waals surface area (Å²) >= 11 is 0. The van der Waals surface area contributed by atoms with E-state index >= 15 is 0 Å². The average Bonchev–Trinajstić information content (AvgIpc) is 2.37. The van der Waals surface area contributed by atoms with Crippen molar-refractivity contribution in [1.29, 1.82) is 0 Å². The van der Waals surface area contributed by atoms with Gasteiger partial charge in [-0.1, -0.05) is 12.1 Å². The van der Waals surface area contributed by atoms with Gasteiger partial charge in [0.25, 0.3) is 5.78 Å². The molecule has 1 N–H and O–H groups in total. The maximum atomic E-state index is 12.0. The third-order valence-corrected chi connectivity index (χ3v) is 2.01. The maximum absolute atomic E-state index is 12.0. The molecule has 0 fully saturated rings. The van der Waals surface area contributed by atoms with E-state index in [1.807, 2.05) is 0 Å². The topological polar surface area (TPSA) is 72.8 Å². The van der Waals surface area contributed by atoms with Crippen LogP contribution in [0.25, 0.3) is 5.76 Å². The molecular weight excluding hydrogens is 262 g/mol. The molecule has 1 aromatic rings. The van der Waals surface area contributed by atoms with Crippen LogP contribution in [0.15, 0.2) is 30.3 Å². The van der Waals surface area contributed by atoms with Crippen molar-refractivity contribution in [2.45, 2.75) is 6.61 Å². The first-order valence-corrected chi connectivity index (χ1v) is 5.02. The Balaban J connectivity index is 2.93. The van der Waals surface area contributed by atoms with E-state index in [0.29, 0.717) is 6.08 Å². The number of hydrogen-bond acceptors (Lipinski definition) is 5. The Bertz CT molecular complexity index is 511. The number of carbonyl (C=O) groups is 2. The van der Waals surface area contributed by atoms with Gasteiger partial charge in [-0.2, -0.15) is 8.78 Å². The van der Waals surface area contributed by atoms with E-state index in [4.69, 9.17) is 0 Å². The summed E-state index contributed by atoms with van der Waals surface area (Å²) in [6.45, 7) is -3.00. The monoisotopic (exact) mass is 272 g/mol. The lowest BCUT2D eigenvalue weighted by molar-refractivity contribution is -0.149. The fourth-order valence-electron chi connectivity index (χ4n) is 1.20. The second kappa shape index (κ2) is 6.48. The Hall–Kier alpha value is -2.44. The first kappa shape index (κ1) is 14.6. The van der Waals surface area contributed by atoms with Gasteiger partial charge in [-0.3, -0.25) is 4.79 Å². The molecule has 0 bridgehead atoms. The number of ether oxygens (including phenoxy) is 2. The molecular formula is C12H10F2O5. The van der Waals surface area contributed by atoms with Gasteiger partial charge in [0.05, 0.1) is 7.11 Å². The van der Waals surface area contributed by atoms with E-state index in [1.165, 1.54) is 18.2 Å². The van der Waals surface area contributed by atoms with Crippen LogP contribution in [0.2, 0.25) is 0 Å². The third-order valence-electron chi connectivity index (χ3n) is 2.01. The fourth-order valence-corrected chi connectivity index (χ4v) is 1.20. The maximum Gasteiger partial charge on any atom is 0.387 e. The first-order chi connectivity index (χ1) is 8.93. The predicted octanol–water partition coefficient (Wildman–Crippen LogP) is 1.93. The Morgan fingerprint density at radius 1 is 1.37 bits per heavy atom. The highest BCUT2D eigenvalue weighted by Gasteiger charge is 2.13. The summed E-state index contributed by atoms with van der Waals surface area (Å²) in [5.41, 5.74) is 0.0513. The lowest BCUT2D eigenvalue weighted by Gasteiger charge is -2.06. The van der Waals surface area contributed by atoms with Crippen molar-refractivity contribution in [2.75, 3.05) is 7.11 Å². The van der Waals surface area contributed by atoms with Crippen LogP contribution < -0.4 is 4.74 Å². The largest absolute Gasteiger partial charge is 0.507 e. The SMILES string of the molecule is COC(=O)C(=O)/C=C(\O)c1cccc(OC(F)F)c1. The van der Waals surface area contributed by atoms with Crippen molar-refractivity contribution in [3.63, 3.8) is 0 Å². The van der Waals surface area contributed by atoms with E-state index in [0.717, 1.165) is 13.2 Å². The number of aliphatic hydroxyl groups is 1. The van der Waals surface area contributed by atoms with Crippen LogP contribution in [0.5, 0.6) is 5.75 Å². The van der Waals surface area contributed by atoms with Crippen molar-refractivity contribution >= 4 is 17.5 Å². The molecule has 0 unspecified atom stereocenters. The Morgan fingerprint density at radius 3 is 2.63 bits per heavy atom. The van der Waals surface area contributed by atoms with Gasteiger partial charge < -0.3 is 14.6 Å². The highest BCUT2D eigenvalue weighted by Crippen LogP contribution is 2.20. The van der Waals surface area contributed by atoms with E-state index in [2.05, 4.69) is 9.47 Å². The van der Waals surface area contributed by atoms with Crippen molar-refractivity contribution in [2.24, 2.45) is 0 Å². The molecule has 102 valence electrons. The second-order valence-electron chi connectivity index (χ2n) is 3.29. The van der Waals surface area contributed by atoms with Gasteiger partial charge in [0, 0.05) is 11.6 Å². The van der Waals surface area contributed by atoms with Gasteiger partial charge in [-0.25, -0.2) is 4.79 Å². The molecule has 0 aliphatic rings. The molecule has 0 amide bonds. The van der Waals surface area contributed by atoms with Crippen LogP contribution >= 0.6 is 0 Å². The van der Waals surface area contributed by atoms with Crippen molar-refractivity contribution in [1.82, 2.24) is 0 Å². The minimum absolute atomic E-state index is 0.0513. The molecule has 1 aromatic carbocycles. The first-order valence-electron chi connectivity index (χ1n) is 5.02. The second-order valence-corrected chi connectivity index (χ2v) is 3.29. The van der Waals surface area contributed by atoms with Gasteiger partial charge in [-0.15, -0.1) is 0 Å². The molecule has 0 saturated heterocycles. The number of aliphatic hydroxyl groups excluding tert-OH is 1. The summed E-state index contributed by atoms with van der Waals surface area (Å²) in [4.78, 5) is 22.0. The van der Waals surface area contributed by atoms with E-state index < -0.39 is 24.1 Å². The number of benzene rings is 1. The number of methoxy groups -OCH3 is 1.